The lowest BCUT2D eigenvalue weighted by atomic mass is 9.99. The van der Waals surface area contributed by atoms with E-state index in [1.165, 1.54) is 38.9 Å². The first-order valence-corrected chi connectivity index (χ1v) is 12.6. The van der Waals surface area contributed by atoms with Gasteiger partial charge in [0, 0.05) is 21.3 Å². The van der Waals surface area contributed by atoms with E-state index in [2.05, 4.69) is 59.0 Å². The maximum absolute atomic E-state index is 5.13. The van der Waals surface area contributed by atoms with Crippen molar-refractivity contribution in [2.75, 3.05) is 0 Å². The Bertz CT molecular complexity index is 1200. The summed E-state index contributed by atoms with van der Waals surface area (Å²) in [5, 5.41) is 2.36. The second-order valence-corrected chi connectivity index (χ2v) is 10.9. The molecule has 0 fully saturated rings. The van der Waals surface area contributed by atoms with Crippen molar-refractivity contribution in [1.82, 2.24) is 15.0 Å². The van der Waals surface area contributed by atoms with Gasteiger partial charge in [-0.2, -0.15) is 0 Å². The van der Waals surface area contributed by atoms with Crippen LogP contribution in [0.1, 0.15) is 42.7 Å². The Hall–Kier alpha value is -1.50. The van der Waals surface area contributed by atoms with Crippen molar-refractivity contribution in [1.29, 1.82) is 0 Å². The highest BCUT2D eigenvalue weighted by Crippen LogP contribution is 2.42. The van der Waals surface area contributed by atoms with E-state index in [4.69, 9.17) is 9.97 Å². The van der Waals surface area contributed by atoms with Crippen molar-refractivity contribution >= 4 is 59.5 Å². The molecule has 5 rings (SSSR count). The van der Waals surface area contributed by atoms with Gasteiger partial charge in [-0.05, 0) is 60.4 Å². The van der Waals surface area contributed by atoms with Gasteiger partial charge in [0.15, 0.2) is 0 Å². The molecule has 6 heteroatoms. The van der Waals surface area contributed by atoms with Gasteiger partial charge in [0.25, 0.3) is 0 Å². The van der Waals surface area contributed by atoms with Gasteiger partial charge in [-0.3, -0.25) is 0 Å². The third-order valence-corrected chi connectivity index (χ3v) is 8.21. The molecule has 0 bridgehead atoms. The molecule has 0 radical (unpaired) electrons. The van der Waals surface area contributed by atoms with Crippen LogP contribution in [0.25, 0.3) is 20.4 Å². The van der Waals surface area contributed by atoms with E-state index in [0.717, 1.165) is 44.9 Å². The van der Waals surface area contributed by atoms with Gasteiger partial charge in [-0.1, -0.05) is 41.9 Å². The minimum atomic E-state index is 0.621. The van der Waals surface area contributed by atoms with Crippen molar-refractivity contribution < 1.29 is 0 Å². The molecule has 3 aromatic heterocycles. The molecule has 1 aromatic carbocycles. The quantitative estimate of drug-likeness (QED) is 0.226. The molecule has 0 spiro atoms. The second kappa shape index (κ2) is 7.97. The summed E-state index contributed by atoms with van der Waals surface area (Å²) in [6, 6.07) is 8.50. The zero-order chi connectivity index (χ0) is 20.0. The highest BCUT2D eigenvalue weighted by atomic mass is 79.9. The van der Waals surface area contributed by atoms with Crippen molar-refractivity contribution in [2.24, 2.45) is 5.92 Å². The van der Waals surface area contributed by atoms with Crippen molar-refractivity contribution in [3.63, 3.8) is 0 Å². The Morgan fingerprint density at radius 2 is 1.90 bits per heavy atom. The number of benzene rings is 1. The van der Waals surface area contributed by atoms with Crippen LogP contribution < -0.4 is 0 Å². The molecule has 3 heterocycles. The summed E-state index contributed by atoms with van der Waals surface area (Å²) in [6.45, 7) is 4.56. The summed E-state index contributed by atoms with van der Waals surface area (Å²) in [5.74, 6) is 1.52. The van der Waals surface area contributed by atoms with Crippen molar-refractivity contribution in [3.8, 4) is 0 Å². The lowest BCUT2D eigenvalue weighted by molar-refractivity contribution is 0.632. The SMILES string of the molecule is CC(C)Cc1nc2sc3c(SCc4ccc(Br)cc4)ncnc3c2c2c1CCC2. The van der Waals surface area contributed by atoms with Gasteiger partial charge in [-0.25, -0.2) is 15.0 Å². The Morgan fingerprint density at radius 3 is 2.69 bits per heavy atom. The monoisotopic (exact) mass is 483 g/mol. The van der Waals surface area contributed by atoms with Crippen LogP contribution in [0.5, 0.6) is 0 Å². The first-order valence-electron chi connectivity index (χ1n) is 10.0. The van der Waals surface area contributed by atoms with Crippen molar-refractivity contribution in [3.05, 3.63) is 57.4 Å². The molecule has 1 aliphatic carbocycles. The molecule has 0 atom stereocenters. The largest absolute Gasteiger partial charge is 0.242 e. The van der Waals surface area contributed by atoms with E-state index >= 15 is 0 Å². The molecule has 0 saturated heterocycles. The summed E-state index contributed by atoms with van der Waals surface area (Å²) >= 11 is 7.06. The maximum Gasteiger partial charge on any atom is 0.126 e. The van der Waals surface area contributed by atoms with Crippen LogP contribution >= 0.6 is 39.0 Å². The van der Waals surface area contributed by atoms with Gasteiger partial charge in [0.1, 0.15) is 16.2 Å². The lowest BCUT2D eigenvalue weighted by Crippen LogP contribution is -2.03. The van der Waals surface area contributed by atoms with Crippen LogP contribution in [0, 0.1) is 5.92 Å². The number of aromatic nitrogens is 3. The predicted molar refractivity (Wildman–Crippen MR) is 127 cm³/mol. The van der Waals surface area contributed by atoms with Crippen LogP contribution in [0.2, 0.25) is 0 Å². The fourth-order valence-electron chi connectivity index (χ4n) is 4.15. The van der Waals surface area contributed by atoms with Crippen LogP contribution in [0.15, 0.2) is 40.1 Å². The molecule has 0 saturated carbocycles. The number of thioether (sulfide) groups is 1. The number of pyridine rings is 1. The Kier molecular flexibility index (Phi) is 5.35. The fourth-order valence-corrected chi connectivity index (χ4v) is 6.62. The van der Waals surface area contributed by atoms with E-state index in [1.807, 2.05) is 0 Å². The normalized spacial score (nSPS) is 13.7. The fraction of sp³-hybridized carbons (Fsp3) is 0.348. The summed E-state index contributed by atoms with van der Waals surface area (Å²) in [5.41, 5.74) is 6.70. The molecular formula is C23H22BrN3S2. The van der Waals surface area contributed by atoms with E-state index in [0.29, 0.717) is 5.92 Å². The second-order valence-electron chi connectivity index (χ2n) is 8.02. The van der Waals surface area contributed by atoms with Crippen LogP contribution in [0.3, 0.4) is 0 Å². The minimum absolute atomic E-state index is 0.621. The standard InChI is InChI=1S/C23H22BrN3S2/c1-13(2)10-18-16-4-3-5-17(16)19-20-21(29-22(19)27-18)23(26-12-25-20)28-11-14-6-8-15(24)9-7-14/h6-9,12-13H,3-5,10-11H2,1-2H3. The van der Waals surface area contributed by atoms with Gasteiger partial charge < -0.3 is 0 Å². The number of nitrogens with zero attached hydrogens (tertiary/aromatic N) is 3. The van der Waals surface area contributed by atoms with E-state index < -0.39 is 0 Å². The molecule has 29 heavy (non-hydrogen) atoms. The topological polar surface area (TPSA) is 38.7 Å². The third-order valence-electron chi connectivity index (χ3n) is 5.42. The van der Waals surface area contributed by atoms with Gasteiger partial charge in [-0.15, -0.1) is 23.1 Å². The van der Waals surface area contributed by atoms with E-state index in [-0.39, 0.29) is 0 Å². The Labute approximate surface area is 187 Å². The zero-order valence-electron chi connectivity index (χ0n) is 16.5. The summed E-state index contributed by atoms with van der Waals surface area (Å²) in [7, 11) is 0. The molecule has 1 aliphatic rings. The summed E-state index contributed by atoms with van der Waals surface area (Å²) < 4.78 is 2.30. The predicted octanol–water partition coefficient (Wildman–Crippen LogP) is 6.98. The van der Waals surface area contributed by atoms with E-state index in [9.17, 15) is 0 Å². The van der Waals surface area contributed by atoms with Gasteiger partial charge in [0.2, 0.25) is 0 Å². The molecule has 148 valence electrons. The zero-order valence-corrected chi connectivity index (χ0v) is 19.8. The number of hydrogen-bond acceptors (Lipinski definition) is 5. The number of hydrogen-bond donors (Lipinski definition) is 0. The minimum Gasteiger partial charge on any atom is -0.242 e. The van der Waals surface area contributed by atoms with Gasteiger partial charge >= 0.3 is 0 Å². The smallest absolute Gasteiger partial charge is 0.126 e. The molecular weight excluding hydrogens is 462 g/mol. The molecule has 0 aliphatic heterocycles. The summed E-state index contributed by atoms with van der Waals surface area (Å²) in [6.07, 6.45) is 6.32. The number of rotatable bonds is 5. The summed E-state index contributed by atoms with van der Waals surface area (Å²) in [4.78, 5) is 15.6. The van der Waals surface area contributed by atoms with Crippen LogP contribution in [0.4, 0.5) is 0 Å². The Morgan fingerprint density at radius 1 is 1.10 bits per heavy atom. The average Bonchev–Trinajstić information content (AvgIpc) is 3.31. The average molecular weight is 484 g/mol. The highest BCUT2D eigenvalue weighted by Gasteiger charge is 2.24. The number of halogens is 1. The number of fused-ring (bicyclic) bond motifs is 5. The van der Waals surface area contributed by atoms with E-state index in [1.54, 1.807) is 29.4 Å². The number of thiophene rings is 1. The van der Waals surface area contributed by atoms with Gasteiger partial charge in [0.05, 0.1) is 10.2 Å². The first kappa shape index (κ1) is 19.5. The Balaban J connectivity index is 1.59. The highest BCUT2D eigenvalue weighted by molar-refractivity contribution is 9.10. The number of aryl methyl sites for hydroxylation is 1. The molecule has 0 amide bonds. The molecule has 0 N–H and O–H groups in total. The van der Waals surface area contributed by atoms with Crippen LogP contribution in [-0.4, -0.2) is 15.0 Å². The lowest BCUT2D eigenvalue weighted by Gasteiger charge is -2.11. The first-order chi connectivity index (χ1) is 14.1. The van der Waals surface area contributed by atoms with Crippen LogP contribution in [-0.2, 0) is 25.0 Å². The third kappa shape index (κ3) is 3.71. The molecule has 0 unspecified atom stereocenters. The maximum atomic E-state index is 5.13. The molecule has 4 aromatic rings. The van der Waals surface area contributed by atoms with Crippen molar-refractivity contribution in [2.45, 2.75) is 50.3 Å². The molecule has 3 nitrogen and oxygen atoms in total.